The number of carbonyl (C=O) groups excluding carboxylic acids is 1. The minimum atomic E-state index is -2.77. The third-order valence-electron chi connectivity index (χ3n) is 3.31. The van der Waals surface area contributed by atoms with E-state index in [1.54, 1.807) is 6.92 Å². The minimum absolute atomic E-state index is 0.0184. The average molecular weight is 202 g/mol. The lowest BCUT2D eigenvalue weighted by atomic mass is 10.0. The van der Waals surface area contributed by atoms with E-state index in [-0.39, 0.29) is 11.2 Å². The number of carbonyl (C=O) groups is 1. The maximum Gasteiger partial charge on any atom is 0.150 e. The lowest BCUT2D eigenvalue weighted by Crippen LogP contribution is -2.08. The first-order valence-electron chi connectivity index (χ1n) is 4.63. The van der Waals surface area contributed by atoms with E-state index in [0.717, 1.165) is 12.8 Å². The van der Waals surface area contributed by atoms with Gasteiger partial charge < -0.3 is 4.79 Å². The number of sulfone groups is 1. The molecule has 2 aliphatic rings. The van der Waals surface area contributed by atoms with Crippen molar-refractivity contribution in [1.82, 2.24) is 0 Å². The highest BCUT2D eigenvalue weighted by Crippen LogP contribution is 2.60. The summed E-state index contributed by atoms with van der Waals surface area (Å²) < 4.78 is 22.5. The monoisotopic (exact) mass is 202 g/mol. The van der Waals surface area contributed by atoms with Gasteiger partial charge in [0.2, 0.25) is 0 Å². The molecule has 0 bridgehead atoms. The van der Waals surface area contributed by atoms with E-state index >= 15 is 0 Å². The quantitative estimate of drug-likeness (QED) is 0.665. The van der Waals surface area contributed by atoms with Crippen LogP contribution in [0.15, 0.2) is 0 Å². The summed E-state index contributed by atoms with van der Waals surface area (Å²) in [5.74, 6) is 1.22. The van der Waals surface area contributed by atoms with Gasteiger partial charge in [-0.3, -0.25) is 0 Å². The lowest BCUT2D eigenvalue weighted by Gasteiger charge is -2.03. The first-order valence-corrected chi connectivity index (χ1v) is 6.46. The van der Waals surface area contributed by atoms with Gasteiger partial charge in [0.15, 0.2) is 9.84 Å². The zero-order valence-corrected chi connectivity index (χ0v) is 8.56. The van der Waals surface area contributed by atoms with E-state index in [9.17, 15) is 13.2 Å². The van der Waals surface area contributed by atoms with Crippen LogP contribution in [0.4, 0.5) is 0 Å². The molecule has 3 nitrogen and oxygen atoms in total. The van der Waals surface area contributed by atoms with Crippen LogP contribution in [-0.4, -0.2) is 25.7 Å². The van der Waals surface area contributed by atoms with Crippen LogP contribution in [0.2, 0.25) is 0 Å². The molecule has 1 aliphatic heterocycles. The molecule has 1 aliphatic carbocycles. The van der Waals surface area contributed by atoms with Crippen LogP contribution in [0.5, 0.6) is 0 Å². The van der Waals surface area contributed by atoms with Crippen molar-refractivity contribution in [3.05, 3.63) is 0 Å². The third kappa shape index (κ3) is 1.64. The van der Waals surface area contributed by atoms with Crippen LogP contribution in [0.25, 0.3) is 0 Å². The smallest absolute Gasteiger partial charge is 0.150 e. The third-order valence-corrected chi connectivity index (χ3v) is 5.15. The number of hydrogen-bond acceptors (Lipinski definition) is 3. The highest BCUT2D eigenvalue weighted by atomic mass is 32.2. The molecular formula is C9H14O3S. The molecule has 1 spiro atoms. The molecule has 2 atom stereocenters. The summed E-state index contributed by atoms with van der Waals surface area (Å²) in [7, 11) is -2.77. The molecule has 0 radical (unpaired) electrons. The predicted octanol–water partition coefficient (Wildman–Crippen LogP) is 0.790. The molecule has 0 aromatic carbocycles. The zero-order valence-electron chi connectivity index (χ0n) is 7.75. The lowest BCUT2D eigenvalue weighted by molar-refractivity contribution is -0.117. The fourth-order valence-electron chi connectivity index (χ4n) is 2.49. The molecule has 0 N–H and O–H groups in total. The molecule has 1 heterocycles. The summed E-state index contributed by atoms with van der Waals surface area (Å²) in [5, 5.41) is 0. The molecule has 0 aromatic heterocycles. The summed E-state index contributed by atoms with van der Waals surface area (Å²) in [6, 6.07) is 0. The summed E-state index contributed by atoms with van der Waals surface area (Å²) in [4.78, 5) is 10.8. The van der Waals surface area contributed by atoms with Crippen molar-refractivity contribution in [3.63, 3.8) is 0 Å². The van der Waals surface area contributed by atoms with Crippen molar-refractivity contribution in [2.75, 3.05) is 11.5 Å². The van der Waals surface area contributed by atoms with Gasteiger partial charge in [0, 0.05) is 6.42 Å². The second kappa shape index (κ2) is 2.56. The van der Waals surface area contributed by atoms with Crippen molar-refractivity contribution in [2.45, 2.75) is 26.2 Å². The first-order chi connectivity index (χ1) is 5.94. The van der Waals surface area contributed by atoms with Gasteiger partial charge in [-0.05, 0) is 31.1 Å². The largest absolute Gasteiger partial charge is 0.300 e. The standard InChI is InChI=1S/C9H14O3S/c1-7(10)4-8-5-9(8)2-3-13(11,12)6-9/h8H,2-6H2,1H3. The van der Waals surface area contributed by atoms with Crippen LogP contribution in [0.3, 0.4) is 0 Å². The molecule has 2 fully saturated rings. The average Bonchev–Trinajstić information content (AvgIpc) is 2.46. The van der Waals surface area contributed by atoms with E-state index in [0.29, 0.717) is 23.8 Å². The van der Waals surface area contributed by atoms with Crippen LogP contribution in [-0.2, 0) is 14.6 Å². The van der Waals surface area contributed by atoms with Crippen molar-refractivity contribution in [1.29, 1.82) is 0 Å². The van der Waals surface area contributed by atoms with E-state index < -0.39 is 9.84 Å². The summed E-state index contributed by atoms with van der Waals surface area (Å²) >= 11 is 0. The fraction of sp³-hybridized carbons (Fsp3) is 0.889. The second-order valence-corrected chi connectivity index (χ2v) is 6.70. The maximum absolute atomic E-state index is 11.2. The zero-order chi connectivity index (χ0) is 9.69. The normalized spacial score (nSPS) is 40.8. The van der Waals surface area contributed by atoms with Crippen LogP contribution in [0.1, 0.15) is 26.2 Å². The Kier molecular flexibility index (Phi) is 1.81. The maximum atomic E-state index is 11.2. The van der Waals surface area contributed by atoms with Gasteiger partial charge in [-0.25, -0.2) is 8.42 Å². The van der Waals surface area contributed by atoms with Gasteiger partial charge in [0.25, 0.3) is 0 Å². The Hall–Kier alpha value is -0.380. The molecule has 1 saturated carbocycles. The van der Waals surface area contributed by atoms with Gasteiger partial charge in [0.05, 0.1) is 11.5 Å². The summed E-state index contributed by atoms with van der Waals surface area (Å²) in [6.45, 7) is 1.58. The van der Waals surface area contributed by atoms with E-state index in [4.69, 9.17) is 0 Å². The SMILES string of the molecule is CC(=O)CC1CC12CCS(=O)(=O)C2. The van der Waals surface area contributed by atoms with Crippen LogP contribution in [0, 0.1) is 11.3 Å². The van der Waals surface area contributed by atoms with Gasteiger partial charge in [0.1, 0.15) is 5.78 Å². The highest BCUT2D eigenvalue weighted by molar-refractivity contribution is 7.91. The predicted molar refractivity (Wildman–Crippen MR) is 49.1 cm³/mol. The molecule has 13 heavy (non-hydrogen) atoms. The molecule has 0 aromatic rings. The Bertz CT molecular complexity index is 344. The molecule has 2 unspecified atom stereocenters. The van der Waals surface area contributed by atoms with Crippen molar-refractivity contribution in [3.8, 4) is 0 Å². The summed E-state index contributed by atoms with van der Waals surface area (Å²) in [6.07, 6.45) is 2.31. The Morgan fingerprint density at radius 3 is 2.69 bits per heavy atom. The number of hydrogen-bond donors (Lipinski definition) is 0. The molecular weight excluding hydrogens is 188 g/mol. The van der Waals surface area contributed by atoms with Gasteiger partial charge in [-0.2, -0.15) is 0 Å². The summed E-state index contributed by atoms with van der Waals surface area (Å²) in [5.41, 5.74) is 0.0184. The first kappa shape index (κ1) is 9.19. The van der Waals surface area contributed by atoms with E-state index in [1.807, 2.05) is 0 Å². The molecule has 4 heteroatoms. The van der Waals surface area contributed by atoms with E-state index in [2.05, 4.69) is 0 Å². The Labute approximate surface area is 78.4 Å². The topological polar surface area (TPSA) is 51.2 Å². The van der Waals surface area contributed by atoms with Crippen molar-refractivity contribution in [2.24, 2.45) is 11.3 Å². The molecule has 1 saturated heterocycles. The van der Waals surface area contributed by atoms with E-state index in [1.165, 1.54) is 0 Å². The Balaban J connectivity index is 2.02. The van der Waals surface area contributed by atoms with Crippen LogP contribution < -0.4 is 0 Å². The highest BCUT2D eigenvalue weighted by Gasteiger charge is 2.59. The van der Waals surface area contributed by atoms with Crippen LogP contribution >= 0.6 is 0 Å². The number of ketones is 1. The second-order valence-electron chi connectivity index (χ2n) is 4.51. The fourth-order valence-corrected chi connectivity index (χ4v) is 4.73. The molecule has 0 amide bonds. The number of rotatable bonds is 2. The Morgan fingerprint density at radius 2 is 2.23 bits per heavy atom. The van der Waals surface area contributed by atoms with Gasteiger partial charge >= 0.3 is 0 Å². The molecule has 74 valence electrons. The molecule has 2 rings (SSSR count). The minimum Gasteiger partial charge on any atom is -0.300 e. The number of Topliss-reactive ketones (excluding diaryl/α,β-unsaturated/α-hetero) is 1. The van der Waals surface area contributed by atoms with Crippen molar-refractivity contribution >= 4 is 15.6 Å². The van der Waals surface area contributed by atoms with Gasteiger partial charge in [-0.15, -0.1) is 0 Å². The Morgan fingerprint density at radius 1 is 1.54 bits per heavy atom. The van der Waals surface area contributed by atoms with Gasteiger partial charge in [-0.1, -0.05) is 0 Å². The van der Waals surface area contributed by atoms with Crippen molar-refractivity contribution < 1.29 is 13.2 Å².